The zero-order valence-electron chi connectivity index (χ0n) is 6.80. The fourth-order valence-electron chi connectivity index (χ4n) is 1.59. The molecular formula is C8H12N2O2. The molecule has 1 atom stereocenters. The van der Waals surface area contributed by atoms with Crippen LogP contribution in [0.5, 0.6) is 0 Å². The van der Waals surface area contributed by atoms with E-state index in [0.29, 0.717) is 5.92 Å². The van der Waals surface area contributed by atoms with Crippen molar-refractivity contribution >= 4 is 0 Å². The Morgan fingerprint density at radius 1 is 1.58 bits per heavy atom. The van der Waals surface area contributed by atoms with Crippen LogP contribution >= 0.6 is 0 Å². The first-order chi connectivity index (χ1) is 5.86. The Labute approximate surface area is 69.9 Å². The van der Waals surface area contributed by atoms with Crippen molar-refractivity contribution in [1.82, 2.24) is 10.5 Å². The van der Waals surface area contributed by atoms with E-state index in [4.69, 9.17) is 4.52 Å². The van der Waals surface area contributed by atoms with Gasteiger partial charge < -0.3 is 9.84 Å². The number of rotatable bonds is 1. The van der Waals surface area contributed by atoms with Gasteiger partial charge in [0, 0.05) is 18.5 Å². The van der Waals surface area contributed by atoms with Gasteiger partial charge in [-0.25, -0.2) is 0 Å². The zero-order valence-corrected chi connectivity index (χ0v) is 6.80. The van der Waals surface area contributed by atoms with Gasteiger partial charge in [-0.3, -0.25) is 4.79 Å². The molecule has 1 aliphatic rings. The van der Waals surface area contributed by atoms with Crippen LogP contribution in [-0.4, -0.2) is 18.2 Å². The van der Waals surface area contributed by atoms with Crippen LogP contribution in [-0.2, 0) is 0 Å². The van der Waals surface area contributed by atoms with Crippen LogP contribution in [0, 0.1) is 0 Å². The van der Waals surface area contributed by atoms with Gasteiger partial charge >= 0.3 is 0 Å². The van der Waals surface area contributed by atoms with E-state index in [1.165, 1.54) is 6.07 Å². The highest BCUT2D eigenvalue weighted by molar-refractivity contribution is 5.03. The molecule has 1 fully saturated rings. The SMILES string of the molecule is O=c1cc([C@@H]2CCCNC2)o[nH]1. The Hall–Kier alpha value is -1.03. The first-order valence-electron chi connectivity index (χ1n) is 4.25. The van der Waals surface area contributed by atoms with E-state index in [2.05, 4.69) is 10.5 Å². The van der Waals surface area contributed by atoms with Crippen molar-refractivity contribution in [2.45, 2.75) is 18.8 Å². The summed E-state index contributed by atoms with van der Waals surface area (Å²) in [5.41, 5.74) is -0.143. The highest BCUT2D eigenvalue weighted by Gasteiger charge is 2.18. The fraction of sp³-hybridized carbons (Fsp3) is 0.625. The second kappa shape index (κ2) is 3.15. The molecule has 0 saturated carbocycles. The number of nitrogens with one attached hydrogen (secondary N) is 2. The molecule has 2 rings (SSSR count). The van der Waals surface area contributed by atoms with Gasteiger partial charge in [0.05, 0.1) is 0 Å². The molecule has 0 aromatic carbocycles. The van der Waals surface area contributed by atoms with Crippen LogP contribution in [0.25, 0.3) is 0 Å². The molecule has 4 heteroatoms. The highest BCUT2D eigenvalue weighted by atomic mass is 16.5. The largest absolute Gasteiger partial charge is 0.383 e. The molecule has 0 spiro atoms. The van der Waals surface area contributed by atoms with E-state index in [1.54, 1.807) is 0 Å². The Balaban J connectivity index is 2.13. The smallest absolute Gasteiger partial charge is 0.280 e. The Morgan fingerprint density at radius 3 is 3.08 bits per heavy atom. The van der Waals surface area contributed by atoms with Crippen LogP contribution < -0.4 is 10.9 Å². The maximum Gasteiger partial charge on any atom is 0.280 e. The van der Waals surface area contributed by atoms with Gasteiger partial charge in [-0.1, -0.05) is 0 Å². The van der Waals surface area contributed by atoms with E-state index in [-0.39, 0.29) is 5.56 Å². The molecule has 1 aromatic heterocycles. The number of aromatic amines is 1. The minimum atomic E-state index is -0.143. The lowest BCUT2D eigenvalue weighted by atomic mass is 9.97. The summed E-state index contributed by atoms with van der Waals surface area (Å²) in [6, 6.07) is 1.54. The quantitative estimate of drug-likeness (QED) is 0.639. The van der Waals surface area contributed by atoms with E-state index >= 15 is 0 Å². The minimum Gasteiger partial charge on any atom is -0.383 e. The topological polar surface area (TPSA) is 58.0 Å². The molecule has 12 heavy (non-hydrogen) atoms. The predicted molar refractivity (Wildman–Crippen MR) is 44.2 cm³/mol. The molecule has 0 bridgehead atoms. The number of hydrogen-bond acceptors (Lipinski definition) is 3. The molecule has 0 amide bonds. The van der Waals surface area contributed by atoms with Crippen LogP contribution in [0.15, 0.2) is 15.4 Å². The number of H-pyrrole nitrogens is 1. The molecule has 0 unspecified atom stereocenters. The summed E-state index contributed by atoms with van der Waals surface area (Å²) in [5, 5.41) is 5.57. The van der Waals surface area contributed by atoms with Crippen LogP contribution in [0.2, 0.25) is 0 Å². The first-order valence-corrected chi connectivity index (χ1v) is 4.25. The third kappa shape index (κ3) is 1.43. The second-order valence-electron chi connectivity index (χ2n) is 3.16. The maximum atomic E-state index is 10.8. The van der Waals surface area contributed by atoms with Gasteiger partial charge in [-0.2, -0.15) is 5.16 Å². The van der Waals surface area contributed by atoms with E-state index < -0.39 is 0 Å². The Kier molecular flexibility index (Phi) is 1.99. The summed E-state index contributed by atoms with van der Waals surface area (Å²) in [6.45, 7) is 1.99. The standard InChI is InChI=1S/C8H12N2O2/c11-8-4-7(12-10-8)6-2-1-3-9-5-6/h4,6,9H,1-3,5H2,(H,10,11)/t6-/m1/s1. The molecule has 1 saturated heterocycles. The average Bonchev–Trinajstić information content (AvgIpc) is 2.54. The lowest BCUT2D eigenvalue weighted by Gasteiger charge is -2.19. The number of hydrogen-bond donors (Lipinski definition) is 2. The fourth-order valence-corrected chi connectivity index (χ4v) is 1.59. The van der Waals surface area contributed by atoms with Gasteiger partial charge in [0.2, 0.25) is 0 Å². The third-order valence-corrected chi connectivity index (χ3v) is 2.24. The van der Waals surface area contributed by atoms with E-state index in [0.717, 1.165) is 31.7 Å². The second-order valence-corrected chi connectivity index (χ2v) is 3.16. The predicted octanol–water partition coefficient (Wildman–Crippen LogP) is 0.435. The Morgan fingerprint density at radius 2 is 2.50 bits per heavy atom. The number of piperidine rings is 1. The van der Waals surface area contributed by atoms with Crippen molar-refractivity contribution in [1.29, 1.82) is 0 Å². The summed E-state index contributed by atoms with van der Waals surface area (Å²) in [4.78, 5) is 10.8. The highest BCUT2D eigenvalue weighted by Crippen LogP contribution is 2.20. The molecule has 66 valence electrons. The third-order valence-electron chi connectivity index (χ3n) is 2.24. The van der Waals surface area contributed by atoms with Crippen molar-refractivity contribution in [3.05, 3.63) is 22.2 Å². The van der Waals surface area contributed by atoms with Gasteiger partial charge in [0.1, 0.15) is 5.76 Å². The molecule has 4 nitrogen and oxygen atoms in total. The van der Waals surface area contributed by atoms with Gasteiger partial charge in [-0.15, -0.1) is 0 Å². The van der Waals surface area contributed by atoms with E-state index in [1.807, 2.05) is 0 Å². The van der Waals surface area contributed by atoms with Crippen LogP contribution in [0.3, 0.4) is 0 Å². The van der Waals surface area contributed by atoms with Gasteiger partial charge in [0.15, 0.2) is 0 Å². The van der Waals surface area contributed by atoms with Gasteiger partial charge in [0.25, 0.3) is 5.56 Å². The molecule has 2 heterocycles. The summed E-state index contributed by atoms with van der Waals surface area (Å²) in [7, 11) is 0. The summed E-state index contributed by atoms with van der Waals surface area (Å²) in [5.74, 6) is 1.16. The van der Waals surface area contributed by atoms with Crippen molar-refractivity contribution < 1.29 is 4.52 Å². The Bertz CT molecular complexity index is 296. The molecule has 0 aliphatic carbocycles. The van der Waals surface area contributed by atoms with E-state index in [9.17, 15) is 4.79 Å². The molecule has 2 N–H and O–H groups in total. The van der Waals surface area contributed by atoms with Crippen molar-refractivity contribution in [3.8, 4) is 0 Å². The molecule has 0 radical (unpaired) electrons. The molecular weight excluding hydrogens is 156 g/mol. The van der Waals surface area contributed by atoms with Gasteiger partial charge in [-0.05, 0) is 19.4 Å². The summed E-state index contributed by atoms with van der Waals surface area (Å²) in [6.07, 6.45) is 2.26. The summed E-state index contributed by atoms with van der Waals surface area (Å²) < 4.78 is 5.03. The zero-order chi connectivity index (χ0) is 8.39. The van der Waals surface area contributed by atoms with Crippen molar-refractivity contribution in [2.24, 2.45) is 0 Å². The van der Waals surface area contributed by atoms with Crippen LogP contribution in [0.1, 0.15) is 24.5 Å². The lowest BCUT2D eigenvalue weighted by Crippen LogP contribution is -2.28. The minimum absolute atomic E-state index is 0.143. The summed E-state index contributed by atoms with van der Waals surface area (Å²) >= 11 is 0. The molecule has 1 aromatic rings. The van der Waals surface area contributed by atoms with Crippen LogP contribution in [0.4, 0.5) is 0 Å². The maximum absolute atomic E-state index is 10.8. The van der Waals surface area contributed by atoms with Crippen molar-refractivity contribution in [3.63, 3.8) is 0 Å². The monoisotopic (exact) mass is 168 g/mol. The first kappa shape index (κ1) is 7.61. The molecule has 1 aliphatic heterocycles. The van der Waals surface area contributed by atoms with Crippen molar-refractivity contribution in [2.75, 3.05) is 13.1 Å². The average molecular weight is 168 g/mol. The lowest BCUT2D eigenvalue weighted by molar-refractivity contribution is 0.327. The number of aromatic nitrogens is 1. The normalized spacial score (nSPS) is 24.2.